The first-order valence-electron chi connectivity index (χ1n) is 8.59. The van der Waals surface area contributed by atoms with Crippen molar-refractivity contribution >= 4 is 0 Å². The van der Waals surface area contributed by atoms with Gasteiger partial charge in [0.25, 0.3) is 0 Å². The topological polar surface area (TPSA) is 26.0 Å². The van der Waals surface area contributed by atoms with E-state index in [-0.39, 0.29) is 17.9 Å². The molecule has 26 heavy (non-hydrogen) atoms. The first-order chi connectivity index (χ1) is 11.9. The van der Waals surface area contributed by atoms with E-state index in [1.54, 1.807) is 0 Å². The SMILES string of the molecule is CC(N)[C@@H]1CCC2c3ccc(C(F)(C(F)(F)F)C(F)(F)F)cc3CCC21. The standard InChI is InChI=1S/C18H20F7N/c1-9(26)12-6-7-15-13-5-3-11(8-10(13)2-4-14(12)15)16(19,17(20,21)22)18(23,24)25/h3,5,8-9,12,14-15H,2,4,6-7,26H2,1H3/t9?,12-,14?,15?/m0/s1. The summed E-state index contributed by atoms with van der Waals surface area (Å²) in [6, 6.07) is 2.63. The Bertz CT molecular complexity index is 663. The molecule has 2 N–H and O–H groups in total. The molecule has 1 aromatic carbocycles. The number of alkyl halides is 7. The van der Waals surface area contributed by atoms with Gasteiger partial charge in [0.2, 0.25) is 0 Å². The number of benzene rings is 1. The van der Waals surface area contributed by atoms with Gasteiger partial charge >= 0.3 is 18.0 Å². The molecule has 2 aliphatic rings. The number of hydrogen-bond acceptors (Lipinski definition) is 1. The van der Waals surface area contributed by atoms with E-state index in [2.05, 4.69) is 0 Å². The highest BCUT2D eigenvalue weighted by Gasteiger charge is 2.73. The number of hydrogen-bond donors (Lipinski definition) is 1. The van der Waals surface area contributed by atoms with Crippen LogP contribution in [0.4, 0.5) is 30.7 Å². The summed E-state index contributed by atoms with van der Waals surface area (Å²) in [5.74, 6) is 0.627. The molecule has 0 aliphatic heterocycles. The van der Waals surface area contributed by atoms with Crippen molar-refractivity contribution in [1.82, 2.24) is 0 Å². The molecular weight excluding hydrogens is 363 g/mol. The zero-order valence-corrected chi connectivity index (χ0v) is 14.1. The lowest BCUT2D eigenvalue weighted by molar-refractivity contribution is -0.348. The maximum Gasteiger partial charge on any atom is 0.435 e. The summed E-state index contributed by atoms with van der Waals surface area (Å²) >= 11 is 0. The van der Waals surface area contributed by atoms with Crippen LogP contribution in [0.3, 0.4) is 0 Å². The second-order valence-corrected chi connectivity index (χ2v) is 7.48. The Morgan fingerprint density at radius 3 is 2.12 bits per heavy atom. The number of halogens is 7. The summed E-state index contributed by atoms with van der Waals surface area (Å²) in [4.78, 5) is 0. The highest BCUT2D eigenvalue weighted by molar-refractivity contribution is 5.41. The van der Waals surface area contributed by atoms with Crippen LogP contribution in [0.5, 0.6) is 0 Å². The highest BCUT2D eigenvalue weighted by Crippen LogP contribution is 2.55. The van der Waals surface area contributed by atoms with Gasteiger partial charge in [0.05, 0.1) is 0 Å². The first-order valence-corrected chi connectivity index (χ1v) is 8.59. The number of aryl methyl sites for hydroxylation is 1. The van der Waals surface area contributed by atoms with Crippen LogP contribution < -0.4 is 5.73 Å². The molecule has 2 aliphatic carbocycles. The van der Waals surface area contributed by atoms with Gasteiger partial charge < -0.3 is 5.73 Å². The van der Waals surface area contributed by atoms with E-state index in [0.29, 0.717) is 30.4 Å². The predicted molar refractivity (Wildman–Crippen MR) is 82.3 cm³/mol. The van der Waals surface area contributed by atoms with Crippen molar-refractivity contribution in [3.05, 3.63) is 34.9 Å². The second-order valence-electron chi connectivity index (χ2n) is 7.48. The van der Waals surface area contributed by atoms with Crippen molar-refractivity contribution in [2.45, 2.75) is 62.6 Å². The molecule has 0 aromatic heterocycles. The fourth-order valence-electron chi connectivity index (χ4n) is 4.76. The van der Waals surface area contributed by atoms with E-state index in [1.165, 1.54) is 6.07 Å². The van der Waals surface area contributed by atoms with Crippen LogP contribution in [-0.4, -0.2) is 18.4 Å². The summed E-state index contributed by atoms with van der Waals surface area (Å²) in [5.41, 5.74) is 0.360. The van der Waals surface area contributed by atoms with Gasteiger partial charge in [0.15, 0.2) is 0 Å². The van der Waals surface area contributed by atoms with Gasteiger partial charge in [-0.15, -0.1) is 0 Å². The van der Waals surface area contributed by atoms with E-state index in [1.807, 2.05) is 6.92 Å². The second kappa shape index (κ2) is 6.11. The molecule has 0 radical (unpaired) electrons. The minimum atomic E-state index is -6.08. The van der Waals surface area contributed by atoms with Gasteiger partial charge in [-0.2, -0.15) is 26.3 Å². The Labute approximate surface area is 146 Å². The lowest BCUT2D eigenvalue weighted by atomic mass is 9.72. The molecule has 4 atom stereocenters. The van der Waals surface area contributed by atoms with Crippen molar-refractivity contribution in [2.75, 3.05) is 0 Å². The maximum atomic E-state index is 14.3. The van der Waals surface area contributed by atoms with Crippen LogP contribution in [0, 0.1) is 11.8 Å². The van der Waals surface area contributed by atoms with Crippen LogP contribution in [0.15, 0.2) is 18.2 Å². The molecular formula is C18H20F7N. The van der Waals surface area contributed by atoms with E-state index in [9.17, 15) is 30.7 Å². The smallest absolute Gasteiger partial charge is 0.328 e. The third kappa shape index (κ3) is 2.80. The average Bonchev–Trinajstić information content (AvgIpc) is 2.95. The molecule has 0 saturated heterocycles. The monoisotopic (exact) mass is 383 g/mol. The minimum absolute atomic E-state index is 0.0141. The fraction of sp³-hybridized carbons (Fsp3) is 0.667. The van der Waals surface area contributed by atoms with Gasteiger partial charge in [0.1, 0.15) is 0 Å². The van der Waals surface area contributed by atoms with Crippen molar-refractivity contribution < 1.29 is 30.7 Å². The van der Waals surface area contributed by atoms with Crippen LogP contribution >= 0.6 is 0 Å². The van der Waals surface area contributed by atoms with Gasteiger partial charge in [-0.25, -0.2) is 4.39 Å². The molecule has 0 spiro atoms. The van der Waals surface area contributed by atoms with Crippen molar-refractivity contribution in [2.24, 2.45) is 17.6 Å². The van der Waals surface area contributed by atoms with E-state index in [0.717, 1.165) is 24.5 Å². The Hall–Kier alpha value is -1.31. The summed E-state index contributed by atoms with van der Waals surface area (Å²) in [6.45, 7) is 1.91. The summed E-state index contributed by atoms with van der Waals surface area (Å²) < 4.78 is 92.1. The number of rotatable bonds is 2. The van der Waals surface area contributed by atoms with Crippen molar-refractivity contribution in [1.29, 1.82) is 0 Å². The zero-order chi connectivity index (χ0) is 19.5. The lowest BCUT2D eigenvalue weighted by Crippen LogP contribution is -2.50. The van der Waals surface area contributed by atoms with Crippen LogP contribution in [-0.2, 0) is 12.1 Å². The fourth-order valence-corrected chi connectivity index (χ4v) is 4.76. The summed E-state index contributed by atoms with van der Waals surface area (Å²) in [6.07, 6.45) is -9.51. The largest absolute Gasteiger partial charge is 0.435 e. The zero-order valence-electron chi connectivity index (χ0n) is 14.1. The Morgan fingerprint density at radius 2 is 1.58 bits per heavy atom. The van der Waals surface area contributed by atoms with Gasteiger partial charge in [0, 0.05) is 11.6 Å². The molecule has 0 heterocycles. The van der Waals surface area contributed by atoms with Crippen LogP contribution in [0.1, 0.15) is 48.8 Å². The molecule has 3 rings (SSSR count). The summed E-state index contributed by atoms with van der Waals surface area (Å²) in [5, 5.41) is 0. The maximum absolute atomic E-state index is 14.3. The van der Waals surface area contributed by atoms with Crippen LogP contribution in [0.2, 0.25) is 0 Å². The van der Waals surface area contributed by atoms with Gasteiger partial charge in [-0.3, -0.25) is 0 Å². The summed E-state index contributed by atoms with van der Waals surface area (Å²) in [7, 11) is 0. The first kappa shape index (κ1) is 19.5. The molecule has 0 bridgehead atoms. The number of fused-ring (bicyclic) bond motifs is 3. The third-order valence-electron chi connectivity index (χ3n) is 6.02. The predicted octanol–water partition coefficient (Wildman–Crippen LogP) is 5.38. The van der Waals surface area contributed by atoms with Crippen LogP contribution in [0.25, 0.3) is 0 Å². The lowest BCUT2D eigenvalue weighted by Gasteiger charge is -2.35. The van der Waals surface area contributed by atoms with E-state index >= 15 is 0 Å². The van der Waals surface area contributed by atoms with Crippen molar-refractivity contribution in [3.63, 3.8) is 0 Å². The number of nitrogens with two attached hydrogens (primary N) is 1. The average molecular weight is 383 g/mol. The molecule has 8 heteroatoms. The molecule has 1 saturated carbocycles. The highest BCUT2D eigenvalue weighted by atomic mass is 19.4. The molecule has 1 aromatic rings. The molecule has 1 fully saturated rings. The normalized spacial score (nSPS) is 27.8. The molecule has 3 unspecified atom stereocenters. The Morgan fingerprint density at radius 1 is 0.962 bits per heavy atom. The molecule has 146 valence electrons. The van der Waals surface area contributed by atoms with E-state index < -0.39 is 23.6 Å². The van der Waals surface area contributed by atoms with Gasteiger partial charge in [-0.1, -0.05) is 18.2 Å². The van der Waals surface area contributed by atoms with Gasteiger partial charge in [-0.05, 0) is 61.5 Å². The third-order valence-corrected chi connectivity index (χ3v) is 6.02. The Balaban J connectivity index is 2.01. The molecule has 0 amide bonds. The quantitative estimate of drug-likeness (QED) is 0.682. The van der Waals surface area contributed by atoms with Crippen molar-refractivity contribution in [3.8, 4) is 0 Å². The minimum Gasteiger partial charge on any atom is -0.328 e. The molecule has 1 nitrogen and oxygen atoms in total. The Kier molecular flexibility index (Phi) is 4.57. The van der Waals surface area contributed by atoms with E-state index in [4.69, 9.17) is 5.73 Å².